The van der Waals surface area contributed by atoms with Crippen LogP contribution in [0.5, 0.6) is 17.2 Å². The third-order valence-electron chi connectivity index (χ3n) is 4.94. The third-order valence-corrected chi connectivity index (χ3v) is 6.91. The number of ether oxygens (including phenoxy) is 3. The molecule has 9 heteroatoms. The molecule has 0 atom stereocenters. The van der Waals surface area contributed by atoms with Gasteiger partial charge in [0.05, 0.1) is 24.3 Å². The normalized spacial score (nSPS) is 15.4. The summed E-state index contributed by atoms with van der Waals surface area (Å²) in [5, 5.41) is 3.95. The number of benzene rings is 3. The molecular weight excluding hydrogens is 552 g/mol. The zero-order valence-electron chi connectivity index (χ0n) is 19.0. The van der Waals surface area contributed by atoms with Crippen molar-refractivity contribution in [3.8, 4) is 17.2 Å². The highest BCUT2D eigenvalue weighted by Crippen LogP contribution is 2.37. The molecule has 1 saturated heterocycles. The molecule has 0 radical (unpaired) electrons. The van der Waals surface area contributed by atoms with E-state index in [0.717, 1.165) is 27.0 Å². The Morgan fingerprint density at radius 2 is 1.86 bits per heavy atom. The molecular formula is C26H22BrClN2O4S. The first kappa shape index (κ1) is 25.2. The lowest BCUT2D eigenvalue weighted by atomic mass is 10.1. The van der Waals surface area contributed by atoms with E-state index in [-0.39, 0.29) is 5.91 Å². The summed E-state index contributed by atoms with van der Waals surface area (Å²) in [6.45, 7) is 2.83. The quantitative estimate of drug-likeness (QED) is 0.295. The second-order valence-electron chi connectivity index (χ2n) is 7.31. The molecule has 0 unspecified atom stereocenters. The summed E-state index contributed by atoms with van der Waals surface area (Å²) in [6.07, 6.45) is 1.78. The van der Waals surface area contributed by atoms with Crippen LogP contribution in [-0.2, 0) is 11.4 Å². The Labute approximate surface area is 221 Å². The van der Waals surface area contributed by atoms with Gasteiger partial charge in [-0.1, -0.05) is 45.7 Å². The van der Waals surface area contributed by atoms with E-state index in [1.165, 1.54) is 11.8 Å². The molecule has 1 heterocycles. The number of nitrogens with zero attached hydrogens (tertiary/aromatic N) is 1. The summed E-state index contributed by atoms with van der Waals surface area (Å²) >= 11 is 11.1. The number of nitrogens with one attached hydrogen (secondary N) is 1. The van der Waals surface area contributed by atoms with Crippen LogP contribution in [0.4, 0.5) is 5.69 Å². The van der Waals surface area contributed by atoms with Crippen molar-refractivity contribution in [1.82, 2.24) is 5.32 Å². The molecule has 0 aromatic heterocycles. The smallest absolute Gasteiger partial charge is 0.264 e. The number of aliphatic imine (C=N–C) groups is 1. The van der Waals surface area contributed by atoms with Gasteiger partial charge in [0.2, 0.25) is 0 Å². The van der Waals surface area contributed by atoms with Gasteiger partial charge >= 0.3 is 0 Å². The molecule has 1 aliphatic rings. The maximum absolute atomic E-state index is 12.6. The number of halogens is 2. The zero-order chi connectivity index (χ0) is 24.8. The van der Waals surface area contributed by atoms with Crippen molar-refractivity contribution in [3.05, 3.63) is 86.2 Å². The average molecular weight is 574 g/mol. The van der Waals surface area contributed by atoms with Crippen molar-refractivity contribution in [2.24, 2.45) is 4.99 Å². The summed E-state index contributed by atoms with van der Waals surface area (Å²) in [7, 11) is 1.57. The Morgan fingerprint density at radius 1 is 1.09 bits per heavy atom. The molecule has 1 aliphatic heterocycles. The number of methoxy groups -OCH3 is 1. The van der Waals surface area contributed by atoms with Gasteiger partial charge in [0.1, 0.15) is 12.4 Å². The molecule has 180 valence electrons. The van der Waals surface area contributed by atoms with Gasteiger partial charge in [-0.2, -0.15) is 0 Å². The third kappa shape index (κ3) is 6.39. The fourth-order valence-electron chi connectivity index (χ4n) is 3.23. The van der Waals surface area contributed by atoms with Crippen LogP contribution >= 0.6 is 39.3 Å². The lowest BCUT2D eigenvalue weighted by Crippen LogP contribution is -2.19. The van der Waals surface area contributed by atoms with Crippen molar-refractivity contribution in [2.75, 3.05) is 13.7 Å². The number of rotatable bonds is 8. The lowest BCUT2D eigenvalue weighted by Gasteiger charge is -2.13. The van der Waals surface area contributed by atoms with Gasteiger partial charge in [0.15, 0.2) is 16.7 Å². The van der Waals surface area contributed by atoms with Gasteiger partial charge in [-0.05, 0) is 72.8 Å². The number of amidine groups is 1. The van der Waals surface area contributed by atoms with Crippen LogP contribution < -0.4 is 19.5 Å². The first-order valence-corrected chi connectivity index (χ1v) is 12.7. The largest absolute Gasteiger partial charge is 0.494 e. The summed E-state index contributed by atoms with van der Waals surface area (Å²) < 4.78 is 17.7. The summed E-state index contributed by atoms with van der Waals surface area (Å²) in [6, 6.07) is 18.5. The Hall–Kier alpha value is -2.94. The Bertz CT molecular complexity index is 1300. The molecule has 0 spiro atoms. The van der Waals surface area contributed by atoms with Crippen molar-refractivity contribution in [1.29, 1.82) is 0 Å². The summed E-state index contributed by atoms with van der Waals surface area (Å²) in [4.78, 5) is 17.6. The molecule has 3 aromatic carbocycles. The second kappa shape index (κ2) is 11.7. The summed E-state index contributed by atoms with van der Waals surface area (Å²) in [5.74, 6) is 1.66. The Balaban J connectivity index is 1.51. The van der Waals surface area contributed by atoms with Crippen molar-refractivity contribution < 1.29 is 19.0 Å². The minimum atomic E-state index is -0.218. The number of hydrogen-bond donors (Lipinski definition) is 1. The van der Waals surface area contributed by atoms with Crippen LogP contribution in [0.2, 0.25) is 5.02 Å². The minimum absolute atomic E-state index is 0.218. The predicted molar refractivity (Wildman–Crippen MR) is 145 cm³/mol. The Kier molecular flexibility index (Phi) is 8.38. The van der Waals surface area contributed by atoms with Gasteiger partial charge < -0.3 is 19.5 Å². The molecule has 1 amide bonds. The SMILES string of the molecule is CCOc1ccc(N=C2NC(=O)/C(=C\c3cc(OC)c(OCc4ccccc4Cl)cc3Br)S2)cc1. The first-order chi connectivity index (χ1) is 17.0. The van der Waals surface area contributed by atoms with Crippen LogP contribution in [0.15, 0.2) is 75.0 Å². The van der Waals surface area contributed by atoms with Gasteiger partial charge in [-0.3, -0.25) is 4.79 Å². The molecule has 6 nitrogen and oxygen atoms in total. The number of hydrogen-bond acceptors (Lipinski definition) is 6. The highest BCUT2D eigenvalue weighted by Gasteiger charge is 2.24. The molecule has 0 saturated carbocycles. The van der Waals surface area contributed by atoms with E-state index in [1.807, 2.05) is 67.6 Å². The molecule has 1 N–H and O–H groups in total. The van der Waals surface area contributed by atoms with E-state index < -0.39 is 0 Å². The van der Waals surface area contributed by atoms with Gasteiger partial charge in [0.25, 0.3) is 5.91 Å². The van der Waals surface area contributed by atoms with Crippen molar-refractivity contribution in [2.45, 2.75) is 13.5 Å². The molecule has 35 heavy (non-hydrogen) atoms. The number of carbonyl (C=O) groups is 1. The molecule has 3 aromatic rings. The highest BCUT2D eigenvalue weighted by molar-refractivity contribution is 9.10. The van der Waals surface area contributed by atoms with Gasteiger partial charge in [-0.15, -0.1) is 0 Å². The first-order valence-electron chi connectivity index (χ1n) is 10.7. The lowest BCUT2D eigenvalue weighted by molar-refractivity contribution is -0.115. The molecule has 0 bridgehead atoms. The van der Waals surface area contributed by atoms with E-state index in [9.17, 15) is 4.79 Å². The van der Waals surface area contributed by atoms with E-state index >= 15 is 0 Å². The molecule has 0 aliphatic carbocycles. The monoisotopic (exact) mass is 572 g/mol. The number of amides is 1. The van der Waals surface area contributed by atoms with E-state index in [0.29, 0.717) is 39.8 Å². The van der Waals surface area contributed by atoms with Crippen LogP contribution in [0.25, 0.3) is 6.08 Å². The van der Waals surface area contributed by atoms with Gasteiger partial charge in [-0.25, -0.2) is 4.99 Å². The van der Waals surface area contributed by atoms with E-state index in [1.54, 1.807) is 13.2 Å². The van der Waals surface area contributed by atoms with Crippen LogP contribution in [-0.4, -0.2) is 24.8 Å². The maximum Gasteiger partial charge on any atom is 0.264 e. The highest BCUT2D eigenvalue weighted by atomic mass is 79.9. The average Bonchev–Trinajstić information content (AvgIpc) is 3.19. The number of thioether (sulfide) groups is 1. The maximum atomic E-state index is 12.6. The Morgan fingerprint density at radius 3 is 2.57 bits per heavy atom. The van der Waals surface area contributed by atoms with Crippen LogP contribution in [0.1, 0.15) is 18.1 Å². The van der Waals surface area contributed by atoms with E-state index in [4.69, 9.17) is 25.8 Å². The van der Waals surface area contributed by atoms with Crippen LogP contribution in [0.3, 0.4) is 0 Å². The topological polar surface area (TPSA) is 69.2 Å². The number of carbonyl (C=O) groups excluding carboxylic acids is 1. The fraction of sp³-hybridized carbons (Fsp3) is 0.154. The molecule has 1 fully saturated rings. The van der Waals surface area contributed by atoms with E-state index in [2.05, 4.69) is 26.2 Å². The van der Waals surface area contributed by atoms with Crippen molar-refractivity contribution >= 4 is 62.1 Å². The minimum Gasteiger partial charge on any atom is -0.494 e. The summed E-state index contributed by atoms with van der Waals surface area (Å²) in [5.41, 5.74) is 2.36. The molecule has 4 rings (SSSR count). The standard InChI is InChI=1S/C26H22BrClN2O4S/c1-3-33-19-10-8-18(9-11-19)29-26-30-25(31)24(35-26)13-17-12-22(32-2)23(14-20(17)27)34-15-16-6-4-5-7-21(16)28/h4-14H,3,15H2,1-2H3,(H,29,30,31)/b24-13+. The second-order valence-corrected chi connectivity index (χ2v) is 9.61. The van der Waals surface area contributed by atoms with Gasteiger partial charge in [0, 0.05) is 15.1 Å². The fourth-order valence-corrected chi connectivity index (χ4v) is 4.69. The predicted octanol–water partition coefficient (Wildman–Crippen LogP) is 6.98. The van der Waals surface area contributed by atoms with Crippen molar-refractivity contribution in [3.63, 3.8) is 0 Å². The zero-order valence-corrected chi connectivity index (χ0v) is 22.2. The van der Waals surface area contributed by atoms with Crippen LogP contribution in [0, 0.1) is 0 Å².